The van der Waals surface area contributed by atoms with Crippen LogP contribution in [0, 0.1) is 5.92 Å². The lowest BCUT2D eigenvalue weighted by molar-refractivity contribution is 0.0692. The second kappa shape index (κ2) is 5.90. The number of carboxylic acid groups (broad SMARTS) is 1. The second-order valence-electron chi connectivity index (χ2n) is 5.04. The second-order valence-corrected chi connectivity index (χ2v) is 6.74. The Balaban J connectivity index is 2.04. The zero-order valence-electron chi connectivity index (χ0n) is 11.2. The van der Waals surface area contributed by atoms with Gasteiger partial charge in [0.1, 0.15) is 5.56 Å². The Kier molecular flexibility index (Phi) is 4.41. The third kappa shape index (κ3) is 3.35. The van der Waals surface area contributed by atoms with Crippen LogP contribution in [0.1, 0.15) is 23.2 Å². The molecule has 1 aliphatic heterocycles. The van der Waals surface area contributed by atoms with Gasteiger partial charge in [0, 0.05) is 13.1 Å². The first-order chi connectivity index (χ1) is 9.40. The number of hydrogen-bond acceptors (Lipinski definition) is 5. The number of H-pyrrole nitrogens is 1. The van der Waals surface area contributed by atoms with Crippen LogP contribution in [0.4, 0.5) is 0 Å². The number of aromatic carboxylic acids is 1. The van der Waals surface area contributed by atoms with E-state index in [4.69, 9.17) is 5.11 Å². The third-order valence-corrected chi connectivity index (χ3v) is 4.78. The molecule has 0 bridgehead atoms. The van der Waals surface area contributed by atoms with E-state index in [1.807, 2.05) is 7.05 Å². The van der Waals surface area contributed by atoms with Crippen LogP contribution >= 0.6 is 0 Å². The van der Waals surface area contributed by atoms with Crippen molar-refractivity contribution in [2.24, 2.45) is 5.92 Å². The molecule has 1 unspecified atom stereocenters. The van der Waals surface area contributed by atoms with Gasteiger partial charge in [-0.2, -0.15) is 5.10 Å². The molecule has 0 aromatic carbocycles. The summed E-state index contributed by atoms with van der Waals surface area (Å²) in [6, 6.07) is 0. The highest BCUT2D eigenvalue weighted by atomic mass is 32.2. The van der Waals surface area contributed by atoms with E-state index in [1.165, 1.54) is 0 Å². The summed E-state index contributed by atoms with van der Waals surface area (Å²) in [5.74, 6) is -1.09. The zero-order valence-corrected chi connectivity index (χ0v) is 12.0. The van der Waals surface area contributed by atoms with E-state index in [1.54, 1.807) is 0 Å². The van der Waals surface area contributed by atoms with Crippen LogP contribution in [-0.4, -0.2) is 61.3 Å². The SMILES string of the molecule is CN1CCCC(CNS(=O)(=O)c2[nH]ncc2C(=O)O)C1. The fourth-order valence-electron chi connectivity index (χ4n) is 2.37. The summed E-state index contributed by atoms with van der Waals surface area (Å²) in [5, 5.41) is 14.2. The van der Waals surface area contributed by atoms with Crippen molar-refractivity contribution >= 4 is 16.0 Å². The van der Waals surface area contributed by atoms with Gasteiger partial charge in [-0.05, 0) is 32.4 Å². The molecule has 112 valence electrons. The van der Waals surface area contributed by atoms with Gasteiger partial charge < -0.3 is 10.0 Å². The molecule has 0 saturated carbocycles. The van der Waals surface area contributed by atoms with E-state index in [2.05, 4.69) is 19.8 Å². The van der Waals surface area contributed by atoms with E-state index in [0.717, 1.165) is 32.1 Å². The average Bonchev–Trinajstić information content (AvgIpc) is 2.87. The Labute approximate surface area is 117 Å². The molecule has 1 aliphatic rings. The van der Waals surface area contributed by atoms with Crippen LogP contribution in [0.25, 0.3) is 0 Å². The predicted molar refractivity (Wildman–Crippen MR) is 71.0 cm³/mol. The van der Waals surface area contributed by atoms with Gasteiger partial charge in [-0.3, -0.25) is 5.10 Å². The van der Waals surface area contributed by atoms with E-state index >= 15 is 0 Å². The average molecular weight is 302 g/mol. The summed E-state index contributed by atoms with van der Waals surface area (Å²) in [6.07, 6.45) is 2.99. The van der Waals surface area contributed by atoms with Crippen LogP contribution in [0.15, 0.2) is 11.2 Å². The first-order valence-electron chi connectivity index (χ1n) is 6.35. The maximum atomic E-state index is 12.1. The number of hydrogen-bond donors (Lipinski definition) is 3. The van der Waals surface area contributed by atoms with Crippen molar-refractivity contribution < 1.29 is 18.3 Å². The number of piperidine rings is 1. The maximum Gasteiger partial charge on any atom is 0.340 e. The van der Waals surface area contributed by atoms with Gasteiger partial charge in [0.25, 0.3) is 10.0 Å². The minimum Gasteiger partial charge on any atom is -0.478 e. The smallest absolute Gasteiger partial charge is 0.340 e. The lowest BCUT2D eigenvalue weighted by Gasteiger charge is -2.29. The molecule has 1 atom stereocenters. The van der Waals surface area contributed by atoms with E-state index in [-0.39, 0.29) is 11.5 Å². The molecule has 0 radical (unpaired) electrons. The number of carboxylic acids is 1. The Hall–Kier alpha value is -1.45. The van der Waals surface area contributed by atoms with Crippen molar-refractivity contribution in [3.8, 4) is 0 Å². The predicted octanol–water partition coefficient (Wildman–Crippen LogP) is -0.272. The molecule has 9 heteroatoms. The van der Waals surface area contributed by atoms with Gasteiger partial charge in [0.05, 0.1) is 6.20 Å². The van der Waals surface area contributed by atoms with Gasteiger partial charge in [0.2, 0.25) is 0 Å². The molecule has 1 aromatic rings. The van der Waals surface area contributed by atoms with Crippen molar-refractivity contribution in [1.29, 1.82) is 0 Å². The number of nitrogens with one attached hydrogen (secondary N) is 2. The van der Waals surface area contributed by atoms with Crippen molar-refractivity contribution in [2.45, 2.75) is 17.9 Å². The molecule has 2 rings (SSSR count). The minimum absolute atomic E-state index is 0.236. The Morgan fingerprint density at radius 2 is 2.40 bits per heavy atom. The molecule has 8 nitrogen and oxygen atoms in total. The molecule has 0 spiro atoms. The normalized spacial score (nSPS) is 20.9. The largest absolute Gasteiger partial charge is 0.478 e. The molecule has 20 heavy (non-hydrogen) atoms. The minimum atomic E-state index is -3.88. The standard InChI is InChI=1S/C11H18N4O4S/c1-15-4-2-3-8(7-15)5-13-20(18,19)10-9(11(16)17)6-12-14-10/h6,8,13H,2-5,7H2,1H3,(H,12,14)(H,16,17). The number of nitrogens with zero attached hydrogens (tertiary/aromatic N) is 2. The summed E-state index contributed by atoms with van der Waals surface area (Å²) in [6.45, 7) is 2.15. The van der Waals surface area contributed by atoms with Gasteiger partial charge in [-0.15, -0.1) is 0 Å². The molecule has 2 heterocycles. The number of likely N-dealkylation sites (tertiary alicyclic amines) is 1. The number of sulfonamides is 1. The summed E-state index contributed by atoms with van der Waals surface area (Å²) < 4.78 is 26.6. The number of aromatic amines is 1. The Bertz CT molecular complexity index is 583. The zero-order chi connectivity index (χ0) is 14.8. The third-order valence-electron chi connectivity index (χ3n) is 3.39. The van der Waals surface area contributed by atoms with Gasteiger partial charge >= 0.3 is 5.97 Å². The van der Waals surface area contributed by atoms with Gasteiger partial charge in [-0.1, -0.05) is 0 Å². The van der Waals surface area contributed by atoms with E-state index in [9.17, 15) is 13.2 Å². The highest BCUT2D eigenvalue weighted by Crippen LogP contribution is 2.16. The van der Waals surface area contributed by atoms with Crippen LogP contribution in [0.2, 0.25) is 0 Å². The topological polar surface area (TPSA) is 115 Å². The van der Waals surface area contributed by atoms with Crippen LogP contribution in [0.3, 0.4) is 0 Å². The number of rotatable bonds is 5. The molecular formula is C11H18N4O4S. The van der Waals surface area contributed by atoms with Crippen molar-refractivity contribution in [1.82, 2.24) is 19.8 Å². The van der Waals surface area contributed by atoms with E-state index < -0.39 is 21.0 Å². The van der Waals surface area contributed by atoms with Crippen molar-refractivity contribution in [3.63, 3.8) is 0 Å². The number of aromatic nitrogens is 2. The molecule has 1 aromatic heterocycles. The lowest BCUT2D eigenvalue weighted by atomic mass is 9.99. The monoisotopic (exact) mass is 302 g/mol. The lowest BCUT2D eigenvalue weighted by Crippen LogP contribution is -2.39. The van der Waals surface area contributed by atoms with Gasteiger partial charge in [-0.25, -0.2) is 17.9 Å². The number of carbonyl (C=O) groups is 1. The molecule has 0 aliphatic carbocycles. The molecule has 0 amide bonds. The van der Waals surface area contributed by atoms with Crippen molar-refractivity contribution in [3.05, 3.63) is 11.8 Å². The summed E-state index contributed by atoms with van der Waals surface area (Å²) in [4.78, 5) is 13.1. The summed E-state index contributed by atoms with van der Waals surface area (Å²) in [7, 11) is -1.88. The first-order valence-corrected chi connectivity index (χ1v) is 7.83. The van der Waals surface area contributed by atoms with Crippen LogP contribution in [-0.2, 0) is 10.0 Å². The van der Waals surface area contributed by atoms with Crippen LogP contribution in [0.5, 0.6) is 0 Å². The molecule has 1 fully saturated rings. The summed E-state index contributed by atoms with van der Waals surface area (Å²) in [5.41, 5.74) is -0.349. The highest BCUT2D eigenvalue weighted by molar-refractivity contribution is 7.89. The van der Waals surface area contributed by atoms with Crippen LogP contribution < -0.4 is 4.72 Å². The quantitative estimate of drug-likeness (QED) is 0.689. The first kappa shape index (κ1) is 14.9. The maximum absolute atomic E-state index is 12.1. The van der Waals surface area contributed by atoms with Crippen molar-refractivity contribution in [2.75, 3.05) is 26.7 Å². The Morgan fingerprint density at radius 1 is 1.65 bits per heavy atom. The fourth-order valence-corrected chi connectivity index (χ4v) is 3.57. The molecule has 1 saturated heterocycles. The van der Waals surface area contributed by atoms with E-state index in [0.29, 0.717) is 6.54 Å². The molecule has 3 N–H and O–H groups in total. The Morgan fingerprint density at radius 3 is 3.05 bits per heavy atom. The molecular weight excluding hydrogens is 284 g/mol. The van der Waals surface area contributed by atoms with Gasteiger partial charge in [0.15, 0.2) is 5.03 Å². The fraction of sp³-hybridized carbons (Fsp3) is 0.636. The highest BCUT2D eigenvalue weighted by Gasteiger charge is 2.26. The summed E-state index contributed by atoms with van der Waals surface area (Å²) >= 11 is 0.